The minimum absolute atomic E-state index is 0.0684. The van der Waals surface area contributed by atoms with Crippen LogP contribution in [0.2, 0.25) is 0 Å². The summed E-state index contributed by atoms with van der Waals surface area (Å²) in [5.41, 5.74) is 1.96. The van der Waals surface area contributed by atoms with Gasteiger partial charge in [0.15, 0.2) is 11.6 Å². The maximum absolute atomic E-state index is 13.9. The van der Waals surface area contributed by atoms with Crippen LogP contribution in [-0.4, -0.2) is 74.0 Å². The number of carbonyl (C=O) groups excluding carboxylic acids is 2. The molecule has 2 aliphatic heterocycles. The van der Waals surface area contributed by atoms with E-state index in [9.17, 15) is 9.59 Å². The first-order chi connectivity index (χ1) is 19.3. The summed E-state index contributed by atoms with van der Waals surface area (Å²) < 4.78 is 13.2. The van der Waals surface area contributed by atoms with E-state index in [1.807, 2.05) is 61.6 Å². The van der Waals surface area contributed by atoms with Gasteiger partial charge >= 0.3 is 6.09 Å². The summed E-state index contributed by atoms with van der Waals surface area (Å²) in [4.78, 5) is 41.5. The average Bonchev–Trinajstić information content (AvgIpc) is 3.50. The molecule has 218 valence electrons. The van der Waals surface area contributed by atoms with Gasteiger partial charge in [-0.15, -0.1) is 10.2 Å². The second kappa shape index (κ2) is 10.7. The first kappa shape index (κ1) is 28.5. The van der Waals surface area contributed by atoms with E-state index in [1.54, 1.807) is 11.9 Å². The largest absolute Gasteiger partial charge is 0.444 e. The number of amides is 2. The van der Waals surface area contributed by atoms with Crippen LogP contribution in [0.3, 0.4) is 0 Å². The fourth-order valence-electron chi connectivity index (χ4n) is 4.90. The van der Waals surface area contributed by atoms with Crippen molar-refractivity contribution < 1.29 is 19.1 Å². The van der Waals surface area contributed by atoms with E-state index in [4.69, 9.17) is 19.4 Å². The Labute approximate surface area is 240 Å². The third-order valence-electron chi connectivity index (χ3n) is 7.25. The highest BCUT2D eigenvalue weighted by atomic mass is 16.6. The number of aromatic nitrogens is 5. The van der Waals surface area contributed by atoms with Gasteiger partial charge in [-0.3, -0.25) is 9.69 Å². The summed E-state index contributed by atoms with van der Waals surface area (Å²) >= 11 is 0. The molecule has 5 heterocycles. The van der Waals surface area contributed by atoms with Crippen LogP contribution in [-0.2, 0) is 29.2 Å². The fraction of sp³-hybridized carbons (Fsp3) is 0.517. The zero-order valence-corrected chi connectivity index (χ0v) is 25.0. The van der Waals surface area contributed by atoms with Crippen LogP contribution in [0.1, 0.15) is 75.0 Å². The molecule has 2 amide bonds. The third kappa shape index (κ3) is 5.61. The summed E-state index contributed by atoms with van der Waals surface area (Å²) in [6.07, 6.45) is -0.456. The van der Waals surface area contributed by atoms with Gasteiger partial charge in [0.25, 0.3) is 5.91 Å². The van der Waals surface area contributed by atoms with Crippen molar-refractivity contribution in [2.24, 2.45) is 0 Å². The Hall–Kier alpha value is -4.06. The number of hydrogen-bond acceptors (Lipinski definition) is 9. The summed E-state index contributed by atoms with van der Waals surface area (Å²) in [5.74, 6) is 2.39. The lowest BCUT2D eigenvalue weighted by Crippen LogP contribution is -2.34. The highest BCUT2D eigenvalue weighted by molar-refractivity contribution is 6.10. The first-order valence-corrected chi connectivity index (χ1v) is 13.8. The van der Waals surface area contributed by atoms with E-state index in [0.717, 1.165) is 11.4 Å². The number of carbonyl (C=O) groups is 2. The molecule has 0 aliphatic carbocycles. The zero-order chi connectivity index (χ0) is 29.6. The molecule has 0 N–H and O–H groups in total. The van der Waals surface area contributed by atoms with Gasteiger partial charge in [0.1, 0.15) is 29.5 Å². The van der Waals surface area contributed by atoms with Crippen molar-refractivity contribution in [3.8, 4) is 11.5 Å². The molecule has 41 heavy (non-hydrogen) atoms. The minimum atomic E-state index is -0.627. The molecule has 0 fully saturated rings. The van der Waals surface area contributed by atoms with Gasteiger partial charge in [-0.2, -0.15) is 0 Å². The summed E-state index contributed by atoms with van der Waals surface area (Å²) in [6, 6.07) is 7.61. The average molecular weight is 563 g/mol. The zero-order valence-electron chi connectivity index (χ0n) is 25.0. The molecule has 3 aromatic heterocycles. The first-order valence-electron chi connectivity index (χ1n) is 13.8. The maximum atomic E-state index is 13.9. The second-order valence-corrected chi connectivity index (χ2v) is 11.9. The van der Waals surface area contributed by atoms with Gasteiger partial charge in [-0.05, 0) is 59.7 Å². The topological polar surface area (TPSA) is 119 Å². The lowest BCUT2D eigenvalue weighted by Gasteiger charge is -2.26. The van der Waals surface area contributed by atoms with Crippen LogP contribution in [0.4, 0.5) is 16.4 Å². The van der Waals surface area contributed by atoms with Crippen LogP contribution < -0.4 is 9.80 Å². The van der Waals surface area contributed by atoms with Gasteiger partial charge in [-0.25, -0.2) is 14.8 Å². The molecule has 12 nitrogen and oxygen atoms in total. The minimum Gasteiger partial charge on any atom is -0.444 e. The van der Waals surface area contributed by atoms with Crippen molar-refractivity contribution in [3.05, 3.63) is 46.9 Å². The normalized spacial score (nSPS) is 16.6. The number of rotatable bonds is 6. The van der Waals surface area contributed by atoms with Crippen molar-refractivity contribution in [1.82, 2.24) is 29.6 Å². The SMILES string of the molecule is CC(C)N(C)c1cc2c(c(CN(C)C(=O)OC(C)(C)C)n1)CN(c1cccc(-c3nnc4n3[C@@H](C)COC4)n1)C2=O. The predicted octanol–water partition coefficient (Wildman–Crippen LogP) is 4.20. The lowest BCUT2D eigenvalue weighted by atomic mass is 10.1. The monoisotopic (exact) mass is 562 g/mol. The Morgan fingerprint density at radius 3 is 2.66 bits per heavy atom. The highest BCUT2D eigenvalue weighted by Gasteiger charge is 2.35. The molecule has 0 aromatic carbocycles. The van der Waals surface area contributed by atoms with Gasteiger partial charge in [0.2, 0.25) is 0 Å². The quantitative estimate of drug-likeness (QED) is 0.435. The smallest absolute Gasteiger partial charge is 0.410 e. The molecule has 0 saturated heterocycles. The number of fused-ring (bicyclic) bond motifs is 2. The molecule has 2 aliphatic rings. The molecular formula is C29H38N8O4. The van der Waals surface area contributed by atoms with Gasteiger partial charge in [-0.1, -0.05) is 6.07 Å². The number of nitrogens with zero attached hydrogens (tertiary/aromatic N) is 8. The molecule has 0 spiro atoms. The van der Waals surface area contributed by atoms with Crippen molar-refractivity contribution in [2.45, 2.75) is 78.9 Å². The fourth-order valence-corrected chi connectivity index (χ4v) is 4.90. The highest BCUT2D eigenvalue weighted by Crippen LogP contribution is 2.34. The number of anilines is 2. The Balaban J connectivity index is 1.49. The summed E-state index contributed by atoms with van der Waals surface area (Å²) in [7, 11) is 3.61. The van der Waals surface area contributed by atoms with Crippen molar-refractivity contribution >= 4 is 23.6 Å². The molecule has 0 saturated carbocycles. The Morgan fingerprint density at radius 1 is 1.20 bits per heavy atom. The predicted molar refractivity (Wildman–Crippen MR) is 154 cm³/mol. The molecule has 12 heteroatoms. The van der Waals surface area contributed by atoms with Gasteiger partial charge in [0.05, 0.1) is 37.0 Å². The molecule has 0 radical (unpaired) electrons. The van der Waals surface area contributed by atoms with Gasteiger partial charge < -0.3 is 23.8 Å². The Morgan fingerprint density at radius 2 is 1.95 bits per heavy atom. The van der Waals surface area contributed by atoms with E-state index >= 15 is 0 Å². The van der Waals surface area contributed by atoms with Crippen LogP contribution in [0.25, 0.3) is 11.5 Å². The van der Waals surface area contributed by atoms with E-state index in [0.29, 0.717) is 47.6 Å². The Bertz CT molecular complexity index is 1480. The van der Waals surface area contributed by atoms with Crippen LogP contribution >= 0.6 is 0 Å². The third-order valence-corrected chi connectivity index (χ3v) is 7.25. The maximum Gasteiger partial charge on any atom is 0.410 e. The lowest BCUT2D eigenvalue weighted by molar-refractivity contribution is 0.0282. The number of hydrogen-bond donors (Lipinski definition) is 0. The van der Waals surface area contributed by atoms with E-state index in [2.05, 4.69) is 31.0 Å². The van der Waals surface area contributed by atoms with Crippen LogP contribution in [0.5, 0.6) is 0 Å². The molecule has 5 rings (SSSR count). The standard InChI is InChI=1S/C29H38N8O4/c1-17(2)35(8)24-12-19-20(22(31-24)14-34(7)28(39)41-29(4,5)6)13-36(27(19)38)23-11-9-10-21(30-23)26-33-32-25-16-40-15-18(3)37(25)26/h9-12,17-18H,13-16H2,1-8H3/t18-/m0/s1. The number of pyridine rings is 2. The summed E-state index contributed by atoms with van der Waals surface area (Å²) in [5, 5.41) is 8.67. The molecular weight excluding hydrogens is 524 g/mol. The van der Waals surface area contributed by atoms with Crippen molar-refractivity contribution in [3.63, 3.8) is 0 Å². The van der Waals surface area contributed by atoms with E-state index in [1.165, 1.54) is 4.90 Å². The number of ether oxygens (including phenoxy) is 2. The molecule has 0 unspecified atom stereocenters. The Kier molecular flexibility index (Phi) is 7.45. The summed E-state index contributed by atoms with van der Waals surface area (Å²) in [6.45, 7) is 13.1. The van der Waals surface area contributed by atoms with Crippen LogP contribution in [0.15, 0.2) is 24.3 Å². The van der Waals surface area contributed by atoms with E-state index < -0.39 is 11.7 Å². The second-order valence-electron chi connectivity index (χ2n) is 11.9. The van der Waals surface area contributed by atoms with Crippen molar-refractivity contribution in [1.29, 1.82) is 0 Å². The molecule has 0 bridgehead atoms. The van der Waals surface area contributed by atoms with E-state index in [-0.39, 0.29) is 31.1 Å². The van der Waals surface area contributed by atoms with Gasteiger partial charge in [0, 0.05) is 25.7 Å². The van der Waals surface area contributed by atoms with Crippen molar-refractivity contribution in [2.75, 3.05) is 30.5 Å². The molecule has 3 aromatic rings. The molecule has 1 atom stereocenters. The van der Waals surface area contributed by atoms with Crippen LogP contribution in [0, 0.1) is 0 Å².